The molecule has 1 heteroatoms. The molecule has 0 fully saturated rings. The zero-order valence-electron chi connectivity index (χ0n) is 11.3. The van der Waals surface area contributed by atoms with E-state index in [4.69, 9.17) is 0 Å². The summed E-state index contributed by atoms with van der Waals surface area (Å²) in [6.45, 7) is 10.3. The summed E-state index contributed by atoms with van der Waals surface area (Å²) in [6, 6.07) is 0.645. The van der Waals surface area contributed by atoms with Gasteiger partial charge in [-0.3, -0.25) is 0 Å². The topological polar surface area (TPSA) is 12.0 Å². The highest BCUT2D eigenvalue weighted by molar-refractivity contribution is 4.60. The first-order valence-corrected chi connectivity index (χ1v) is 6.94. The van der Waals surface area contributed by atoms with E-state index in [0.29, 0.717) is 6.04 Å². The number of hydrogen-bond donors (Lipinski definition) is 1. The second kappa shape index (κ2) is 10.5. The van der Waals surface area contributed by atoms with Crippen molar-refractivity contribution in [3.8, 4) is 0 Å². The highest BCUT2D eigenvalue weighted by atomic mass is 14.9. The fourth-order valence-electron chi connectivity index (χ4n) is 2.20. The summed E-state index contributed by atoms with van der Waals surface area (Å²) >= 11 is 0. The summed E-state index contributed by atoms with van der Waals surface area (Å²) in [5, 5.41) is 3.48. The number of hydrogen-bond acceptors (Lipinski definition) is 1. The predicted octanol–water partition coefficient (Wildman–Crippen LogP) is 4.37. The van der Waals surface area contributed by atoms with Gasteiger partial charge in [-0.15, -0.1) is 0 Å². The third kappa shape index (κ3) is 10.2. The van der Waals surface area contributed by atoms with Crippen LogP contribution in [0.25, 0.3) is 0 Å². The van der Waals surface area contributed by atoms with Gasteiger partial charge in [0.1, 0.15) is 0 Å². The van der Waals surface area contributed by atoms with E-state index in [2.05, 4.69) is 33.0 Å². The van der Waals surface area contributed by atoms with Crippen molar-refractivity contribution in [2.75, 3.05) is 6.54 Å². The molecular formula is C14H31N. The molecule has 0 aliphatic carbocycles. The van der Waals surface area contributed by atoms with Crippen LogP contribution in [0.15, 0.2) is 0 Å². The molecule has 15 heavy (non-hydrogen) atoms. The fraction of sp³-hybridized carbons (Fsp3) is 1.00. The zero-order chi connectivity index (χ0) is 11.5. The van der Waals surface area contributed by atoms with Crippen molar-refractivity contribution in [3.63, 3.8) is 0 Å². The molecule has 0 heterocycles. The van der Waals surface area contributed by atoms with Crippen LogP contribution in [0.3, 0.4) is 0 Å². The van der Waals surface area contributed by atoms with Crippen molar-refractivity contribution >= 4 is 0 Å². The molecule has 0 aliphatic heterocycles. The molecule has 0 aromatic heterocycles. The average Bonchev–Trinajstić information content (AvgIpc) is 2.17. The minimum atomic E-state index is 0.645. The van der Waals surface area contributed by atoms with Crippen LogP contribution in [0, 0.1) is 5.92 Å². The average molecular weight is 213 g/mol. The van der Waals surface area contributed by atoms with Crippen LogP contribution in [0.4, 0.5) is 0 Å². The van der Waals surface area contributed by atoms with Gasteiger partial charge >= 0.3 is 0 Å². The van der Waals surface area contributed by atoms with E-state index in [-0.39, 0.29) is 0 Å². The molecule has 0 aliphatic rings. The lowest BCUT2D eigenvalue weighted by Crippen LogP contribution is -2.23. The van der Waals surface area contributed by atoms with Crippen molar-refractivity contribution in [2.24, 2.45) is 5.92 Å². The second-order valence-electron chi connectivity index (χ2n) is 5.05. The first kappa shape index (κ1) is 15.0. The lowest BCUT2D eigenvalue weighted by atomic mass is 9.93. The molecule has 0 saturated carbocycles. The zero-order valence-corrected chi connectivity index (χ0v) is 11.3. The predicted molar refractivity (Wildman–Crippen MR) is 70.3 cm³/mol. The van der Waals surface area contributed by atoms with Crippen LogP contribution in [-0.4, -0.2) is 12.6 Å². The van der Waals surface area contributed by atoms with E-state index in [0.717, 1.165) is 5.92 Å². The Kier molecular flexibility index (Phi) is 10.4. The largest absolute Gasteiger partial charge is 0.315 e. The third-order valence-corrected chi connectivity index (χ3v) is 2.99. The van der Waals surface area contributed by atoms with E-state index in [1.165, 1.54) is 51.5 Å². The molecule has 0 aromatic carbocycles. The Balaban J connectivity index is 3.36. The second-order valence-corrected chi connectivity index (χ2v) is 5.05. The summed E-state index contributed by atoms with van der Waals surface area (Å²) in [5.74, 6) is 0.999. The van der Waals surface area contributed by atoms with Crippen LogP contribution in [0.1, 0.15) is 72.6 Å². The van der Waals surface area contributed by atoms with Crippen LogP contribution in [0.5, 0.6) is 0 Å². The molecule has 0 spiro atoms. The molecule has 0 rings (SSSR count). The summed E-state index contributed by atoms with van der Waals surface area (Å²) in [7, 11) is 0. The van der Waals surface area contributed by atoms with Crippen molar-refractivity contribution in [1.29, 1.82) is 0 Å². The summed E-state index contributed by atoms with van der Waals surface area (Å²) in [5.41, 5.74) is 0. The molecule has 92 valence electrons. The van der Waals surface area contributed by atoms with Crippen LogP contribution < -0.4 is 5.32 Å². The van der Waals surface area contributed by atoms with Gasteiger partial charge in [0.2, 0.25) is 0 Å². The van der Waals surface area contributed by atoms with Gasteiger partial charge in [-0.2, -0.15) is 0 Å². The van der Waals surface area contributed by atoms with Crippen molar-refractivity contribution in [1.82, 2.24) is 5.32 Å². The van der Waals surface area contributed by atoms with Gasteiger partial charge in [-0.05, 0) is 18.9 Å². The molecular weight excluding hydrogens is 182 g/mol. The highest BCUT2D eigenvalue weighted by Crippen LogP contribution is 2.19. The molecule has 1 nitrogen and oxygen atoms in total. The first-order valence-electron chi connectivity index (χ1n) is 6.94. The highest BCUT2D eigenvalue weighted by Gasteiger charge is 2.05. The van der Waals surface area contributed by atoms with Crippen molar-refractivity contribution in [2.45, 2.75) is 78.7 Å². The quantitative estimate of drug-likeness (QED) is 0.531. The lowest BCUT2D eigenvalue weighted by Gasteiger charge is -2.15. The van der Waals surface area contributed by atoms with Gasteiger partial charge in [-0.25, -0.2) is 0 Å². The van der Waals surface area contributed by atoms with Gasteiger partial charge in [0, 0.05) is 6.04 Å². The summed E-state index contributed by atoms with van der Waals surface area (Å²) in [4.78, 5) is 0. The van der Waals surface area contributed by atoms with Gasteiger partial charge in [0.05, 0.1) is 0 Å². The monoisotopic (exact) mass is 213 g/mol. The van der Waals surface area contributed by atoms with Gasteiger partial charge in [0.25, 0.3) is 0 Å². The van der Waals surface area contributed by atoms with Gasteiger partial charge in [0.15, 0.2) is 0 Å². The minimum Gasteiger partial charge on any atom is -0.315 e. The summed E-state index contributed by atoms with van der Waals surface area (Å²) in [6.07, 6.45) is 9.79. The third-order valence-electron chi connectivity index (χ3n) is 2.99. The Morgan fingerprint density at radius 1 is 0.867 bits per heavy atom. The van der Waals surface area contributed by atoms with Gasteiger partial charge < -0.3 is 5.32 Å². The van der Waals surface area contributed by atoms with Crippen LogP contribution in [-0.2, 0) is 0 Å². The molecule has 0 amide bonds. The maximum Gasteiger partial charge on any atom is 0.00103 e. The van der Waals surface area contributed by atoms with Crippen LogP contribution in [0.2, 0.25) is 0 Å². The Bertz CT molecular complexity index is 115. The number of unbranched alkanes of at least 4 members (excludes halogenated alkanes) is 1. The Morgan fingerprint density at radius 3 is 1.93 bits per heavy atom. The van der Waals surface area contributed by atoms with Gasteiger partial charge in [-0.1, -0.05) is 66.2 Å². The number of rotatable bonds is 10. The smallest absolute Gasteiger partial charge is 0.00103 e. The SMILES string of the molecule is CCCC(CCC)CCCCNC(C)C. The van der Waals surface area contributed by atoms with E-state index < -0.39 is 0 Å². The normalized spacial score (nSPS) is 11.6. The van der Waals surface area contributed by atoms with E-state index in [1.807, 2.05) is 0 Å². The molecule has 0 atom stereocenters. The van der Waals surface area contributed by atoms with E-state index in [9.17, 15) is 0 Å². The molecule has 0 bridgehead atoms. The lowest BCUT2D eigenvalue weighted by molar-refractivity contribution is 0.391. The Morgan fingerprint density at radius 2 is 1.47 bits per heavy atom. The first-order chi connectivity index (χ1) is 7.20. The molecule has 0 saturated heterocycles. The maximum atomic E-state index is 3.48. The van der Waals surface area contributed by atoms with E-state index in [1.54, 1.807) is 0 Å². The Hall–Kier alpha value is -0.0400. The molecule has 0 radical (unpaired) electrons. The summed E-state index contributed by atoms with van der Waals surface area (Å²) < 4.78 is 0. The Labute approximate surface area is 97.0 Å². The minimum absolute atomic E-state index is 0.645. The number of nitrogens with one attached hydrogen (secondary N) is 1. The van der Waals surface area contributed by atoms with Crippen molar-refractivity contribution in [3.05, 3.63) is 0 Å². The molecule has 0 unspecified atom stereocenters. The molecule has 0 aromatic rings. The molecule has 1 N–H and O–H groups in total. The van der Waals surface area contributed by atoms with Crippen LogP contribution >= 0.6 is 0 Å². The fourth-order valence-corrected chi connectivity index (χ4v) is 2.20. The van der Waals surface area contributed by atoms with Crippen molar-refractivity contribution < 1.29 is 0 Å². The maximum absolute atomic E-state index is 3.48. The standard InChI is InChI=1S/C14H31N/c1-5-9-14(10-6-2)11-7-8-12-15-13(3)4/h13-15H,5-12H2,1-4H3. The van der Waals surface area contributed by atoms with E-state index >= 15 is 0 Å².